The number of urea groups is 1. The number of benzene rings is 1. The van der Waals surface area contributed by atoms with Crippen LogP contribution in [0.25, 0.3) is 0 Å². The van der Waals surface area contributed by atoms with E-state index < -0.39 is 5.97 Å². The second-order valence-corrected chi connectivity index (χ2v) is 3.68. The van der Waals surface area contributed by atoms with Crippen LogP contribution < -0.4 is 5.32 Å². The Morgan fingerprint density at radius 3 is 2.71 bits per heavy atom. The number of nitrogens with zero attached hydrogens (tertiary/aromatic N) is 1. The van der Waals surface area contributed by atoms with Crippen molar-refractivity contribution in [2.24, 2.45) is 0 Å². The number of amides is 2. The molecule has 0 saturated carbocycles. The van der Waals surface area contributed by atoms with Crippen molar-refractivity contribution in [3.63, 3.8) is 0 Å². The number of hydrogen-bond donors (Lipinski definition) is 2. The standard InChI is InChI=1S/C12H16N2O3/c1-3-14(2)12(17)13-8-9-5-4-6-10(7-9)11(15)16/h4-7H,3,8H2,1-2H3,(H,13,17)(H,15,16). The van der Waals surface area contributed by atoms with E-state index in [0.29, 0.717) is 13.1 Å². The van der Waals surface area contributed by atoms with Gasteiger partial charge >= 0.3 is 12.0 Å². The van der Waals surface area contributed by atoms with Crippen LogP contribution in [0.1, 0.15) is 22.8 Å². The number of carbonyl (C=O) groups excluding carboxylic acids is 1. The largest absolute Gasteiger partial charge is 0.478 e. The topological polar surface area (TPSA) is 69.6 Å². The average molecular weight is 236 g/mol. The molecule has 0 unspecified atom stereocenters. The van der Waals surface area contributed by atoms with Gasteiger partial charge in [0.2, 0.25) is 0 Å². The van der Waals surface area contributed by atoms with E-state index in [0.717, 1.165) is 5.56 Å². The third kappa shape index (κ3) is 3.79. The van der Waals surface area contributed by atoms with E-state index in [1.807, 2.05) is 6.92 Å². The molecule has 0 aliphatic carbocycles. The SMILES string of the molecule is CCN(C)C(=O)NCc1cccc(C(=O)O)c1. The fourth-order valence-corrected chi connectivity index (χ4v) is 1.27. The van der Waals surface area contributed by atoms with Crippen molar-refractivity contribution in [1.82, 2.24) is 10.2 Å². The Balaban J connectivity index is 2.60. The molecule has 0 spiro atoms. The number of rotatable bonds is 4. The average Bonchev–Trinajstić information content (AvgIpc) is 2.35. The van der Waals surface area contributed by atoms with Gasteiger partial charge in [0.25, 0.3) is 0 Å². The van der Waals surface area contributed by atoms with Crippen LogP contribution in [0.4, 0.5) is 4.79 Å². The fourth-order valence-electron chi connectivity index (χ4n) is 1.27. The summed E-state index contributed by atoms with van der Waals surface area (Å²) in [4.78, 5) is 23.8. The van der Waals surface area contributed by atoms with Gasteiger partial charge in [-0.25, -0.2) is 9.59 Å². The van der Waals surface area contributed by atoms with Crippen molar-refractivity contribution in [3.05, 3.63) is 35.4 Å². The summed E-state index contributed by atoms with van der Waals surface area (Å²) in [5.41, 5.74) is 0.989. The highest BCUT2D eigenvalue weighted by atomic mass is 16.4. The van der Waals surface area contributed by atoms with E-state index in [1.54, 1.807) is 30.1 Å². The van der Waals surface area contributed by atoms with Gasteiger partial charge in [-0.05, 0) is 24.6 Å². The van der Waals surface area contributed by atoms with Gasteiger partial charge in [-0.15, -0.1) is 0 Å². The van der Waals surface area contributed by atoms with Crippen molar-refractivity contribution in [3.8, 4) is 0 Å². The summed E-state index contributed by atoms with van der Waals surface area (Å²) in [6, 6.07) is 6.33. The Labute approximate surface area is 100 Å². The molecule has 0 radical (unpaired) electrons. The lowest BCUT2D eigenvalue weighted by atomic mass is 10.1. The first-order valence-corrected chi connectivity index (χ1v) is 5.35. The van der Waals surface area contributed by atoms with Gasteiger partial charge in [0.05, 0.1) is 5.56 Å². The zero-order valence-electron chi connectivity index (χ0n) is 9.93. The molecule has 0 fully saturated rings. The Morgan fingerprint density at radius 2 is 2.12 bits per heavy atom. The van der Waals surface area contributed by atoms with E-state index in [-0.39, 0.29) is 11.6 Å². The monoisotopic (exact) mass is 236 g/mol. The highest BCUT2D eigenvalue weighted by Gasteiger charge is 2.06. The maximum Gasteiger partial charge on any atom is 0.335 e. The number of nitrogens with one attached hydrogen (secondary N) is 1. The first-order chi connectivity index (χ1) is 8.04. The molecule has 0 aliphatic heterocycles. The van der Waals surface area contributed by atoms with Gasteiger partial charge in [-0.2, -0.15) is 0 Å². The molecule has 1 rings (SSSR count). The zero-order chi connectivity index (χ0) is 12.8. The highest BCUT2D eigenvalue weighted by Crippen LogP contribution is 2.05. The van der Waals surface area contributed by atoms with Crippen LogP contribution in [0.15, 0.2) is 24.3 Å². The lowest BCUT2D eigenvalue weighted by Crippen LogP contribution is -2.36. The normalized spacial score (nSPS) is 9.76. The Morgan fingerprint density at radius 1 is 1.41 bits per heavy atom. The smallest absolute Gasteiger partial charge is 0.335 e. The zero-order valence-corrected chi connectivity index (χ0v) is 9.93. The van der Waals surface area contributed by atoms with Crippen molar-refractivity contribution < 1.29 is 14.7 Å². The molecule has 0 aromatic heterocycles. The molecule has 0 bridgehead atoms. The Hall–Kier alpha value is -2.04. The van der Waals surface area contributed by atoms with Gasteiger partial charge < -0.3 is 15.3 Å². The minimum atomic E-state index is -0.969. The minimum Gasteiger partial charge on any atom is -0.478 e. The molecular weight excluding hydrogens is 220 g/mol. The van der Waals surface area contributed by atoms with Crippen molar-refractivity contribution >= 4 is 12.0 Å². The highest BCUT2D eigenvalue weighted by molar-refractivity contribution is 5.87. The second-order valence-electron chi connectivity index (χ2n) is 3.68. The van der Waals surface area contributed by atoms with E-state index in [1.165, 1.54) is 6.07 Å². The van der Waals surface area contributed by atoms with E-state index >= 15 is 0 Å². The van der Waals surface area contributed by atoms with Gasteiger partial charge in [-0.1, -0.05) is 12.1 Å². The van der Waals surface area contributed by atoms with Gasteiger partial charge in [-0.3, -0.25) is 0 Å². The molecule has 2 amide bonds. The van der Waals surface area contributed by atoms with Crippen molar-refractivity contribution in [2.45, 2.75) is 13.5 Å². The van der Waals surface area contributed by atoms with Crippen LogP contribution in [0.2, 0.25) is 0 Å². The van der Waals surface area contributed by atoms with Crippen LogP contribution in [0.3, 0.4) is 0 Å². The molecule has 1 aromatic carbocycles. The first kappa shape index (κ1) is 13.0. The number of carboxylic acid groups (broad SMARTS) is 1. The second kappa shape index (κ2) is 5.89. The molecule has 0 heterocycles. The molecular formula is C12H16N2O3. The van der Waals surface area contributed by atoms with Crippen LogP contribution in [0, 0.1) is 0 Å². The van der Waals surface area contributed by atoms with E-state index in [4.69, 9.17) is 5.11 Å². The number of carboxylic acids is 1. The van der Waals surface area contributed by atoms with Crippen molar-refractivity contribution in [2.75, 3.05) is 13.6 Å². The summed E-state index contributed by atoms with van der Waals surface area (Å²) in [6.45, 7) is 2.83. The van der Waals surface area contributed by atoms with Crippen LogP contribution in [-0.4, -0.2) is 35.6 Å². The number of hydrogen-bond acceptors (Lipinski definition) is 2. The lowest BCUT2D eigenvalue weighted by Gasteiger charge is -2.15. The molecule has 0 atom stereocenters. The Kier molecular flexibility index (Phi) is 4.51. The van der Waals surface area contributed by atoms with Gasteiger partial charge in [0.15, 0.2) is 0 Å². The van der Waals surface area contributed by atoms with Gasteiger partial charge in [0, 0.05) is 20.1 Å². The number of carbonyl (C=O) groups is 2. The predicted molar refractivity (Wildman–Crippen MR) is 63.9 cm³/mol. The van der Waals surface area contributed by atoms with E-state index in [2.05, 4.69) is 5.32 Å². The Bertz CT molecular complexity index is 418. The molecule has 0 saturated heterocycles. The quantitative estimate of drug-likeness (QED) is 0.833. The van der Waals surface area contributed by atoms with Crippen molar-refractivity contribution in [1.29, 1.82) is 0 Å². The molecule has 0 aliphatic rings. The third-order valence-electron chi connectivity index (χ3n) is 2.44. The van der Waals surface area contributed by atoms with E-state index in [9.17, 15) is 9.59 Å². The minimum absolute atomic E-state index is 0.173. The summed E-state index contributed by atoms with van der Waals surface area (Å²) < 4.78 is 0. The number of aromatic carboxylic acids is 1. The van der Waals surface area contributed by atoms with Gasteiger partial charge in [0.1, 0.15) is 0 Å². The molecule has 2 N–H and O–H groups in total. The summed E-state index contributed by atoms with van der Waals surface area (Å²) in [7, 11) is 1.70. The summed E-state index contributed by atoms with van der Waals surface area (Å²) in [6.07, 6.45) is 0. The molecule has 17 heavy (non-hydrogen) atoms. The maximum atomic E-state index is 11.5. The summed E-state index contributed by atoms with van der Waals surface area (Å²) in [5.74, 6) is -0.969. The van der Waals surface area contributed by atoms with Crippen LogP contribution >= 0.6 is 0 Å². The third-order valence-corrected chi connectivity index (χ3v) is 2.44. The lowest BCUT2D eigenvalue weighted by molar-refractivity contribution is 0.0696. The first-order valence-electron chi connectivity index (χ1n) is 5.35. The van der Waals surface area contributed by atoms with Crippen LogP contribution in [-0.2, 0) is 6.54 Å². The maximum absolute atomic E-state index is 11.5. The summed E-state index contributed by atoms with van der Waals surface area (Å²) in [5, 5.41) is 11.5. The molecule has 5 nitrogen and oxygen atoms in total. The molecule has 5 heteroatoms. The molecule has 92 valence electrons. The fraction of sp³-hybridized carbons (Fsp3) is 0.333. The predicted octanol–water partition coefficient (Wildman–Crippen LogP) is 1.55. The van der Waals surface area contributed by atoms with Crippen LogP contribution in [0.5, 0.6) is 0 Å². The summed E-state index contributed by atoms with van der Waals surface area (Å²) >= 11 is 0. The molecule has 1 aromatic rings.